The number of nitrogens with zero attached hydrogens (tertiary/aromatic N) is 4. The standard InChI is InChI=1S/C19H18Cl2N4O4S/c20-11-4-3-10(13(21)6-11)2-1-5-30-18-12-7-24-25(17(12)22-9-23-18)19-16(28)15(27)14(8-26)29-19/h1-4,6-7,9,14-16,19,26-28H,5,8H2/b2-1+. The highest BCUT2D eigenvalue weighted by Gasteiger charge is 2.44. The van der Waals surface area contributed by atoms with Crippen molar-refractivity contribution in [1.29, 1.82) is 0 Å². The van der Waals surface area contributed by atoms with Crippen molar-refractivity contribution < 1.29 is 20.1 Å². The summed E-state index contributed by atoms with van der Waals surface area (Å²) in [6.07, 6.45) is 2.59. The first-order chi connectivity index (χ1) is 14.5. The lowest BCUT2D eigenvalue weighted by Gasteiger charge is -2.15. The van der Waals surface area contributed by atoms with Gasteiger partial charge in [-0.1, -0.05) is 41.4 Å². The van der Waals surface area contributed by atoms with Gasteiger partial charge in [0.1, 0.15) is 29.7 Å². The number of aliphatic hydroxyl groups is 3. The van der Waals surface area contributed by atoms with E-state index < -0.39 is 31.1 Å². The molecule has 11 heteroatoms. The predicted octanol–water partition coefficient (Wildman–Crippen LogP) is 2.55. The van der Waals surface area contributed by atoms with E-state index in [2.05, 4.69) is 15.1 Å². The zero-order valence-corrected chi connectivity index (χ0v) is 17.8. The summed E-state index contributed by atoms with van der Waals surface area (Å²) in [4.78, 5) is 8.56. The largest absolute Gasteiger partial charge is 0.394 e. The minimum Gasteiger partial charge on any atom is -0.394 e. The molecule has 4 atom stereocenters. The molecule has 3 aromatic rings. The maximum atomic E-state index is 10.3. The number of benzene rings is 1. The van der Waals surface area contributed by atoms with Gasteiger partial charge in [0.05, 0.1) is 18.2 Å². The number of aromatic nitrogens is 4. The van der Waals surface area contributed by atoms with E-state index in [4.69, 9.17) is 27.9 Å². The molecule has 1 aromatic carbocycles. The van der Waals surface area contributed by atoms with Crippen molar-refractivity contribution >= 4 is 52.1 Å². The summed E-state index contributed by atoms with van der Waals surface area (Å²) in [7, 11) is 0. The number of aliphatic hydroxyl groups excluding tert-OH is 3. The second kappa shape index (κ2) is 9.19. The van der Waals surface area contributed by atoms with Crippen LogP contribution in [0.5, 0.6) is 0 Å². The summed E-state index contributed by atoms with van der Waals surface area (Å²) in [5.41, 5.74) is 1.33. The van der Waals surface area contributed by atoms with Gasteiger partial charge in [-0.2, -0.15) is 5.10 Å². The molecular formula is C19H18Cl2N4O4S. The Morgan fingerprint density at radius 3 is 2.77 bits per heavy atom. The first-order valence-corrected chi connectivity index (χ1v) is 10.8. The third kappa shape index (κ3) is 4.19. The normalized spacial score (nSPS) is 24.3. The second-order valence-corrected chi connectivity index (χ2v) is 8.47. The van der Waals surface area contributed by atoms with Crippen molar-refractivity contribution in [3.05, 3.63) is 52.4 Å². The van der Waals surface area contributed by atoms with Crippen molar-refractivity contribution in [1.82, 2.24) is 19.7 Å². The van der Waals surface area contributed by atoms with Gasteiger partial charge in [-0.15, -0.1) is 11.8 Å². The Hall–Kier alpha value is -1.72. The van der Waals surface area contributed by atoms with Crippen LogP contribution < -0.4 is 0 Å². The van der Waals surface area contributed by atoms with E-state index in [9.17, 15) is 15.3 Å². The van der Waals surface area contributed by atoms with E-state index in [-0.39, 0.29) is 0 Å². The summed E-state index contributed by atoms with van der Waals surface area (Å²) in [6, 6.07) is 5.32. The number of ether oxygens (including phenoxy) is 1. The molecule has 0 radical (unpaired) electrons. The Balaban J connectivity index is 1.50. The van der Waals surface area contributed by atoms with Gasteiger partial charge in [0.2, 0.25) is 0 Å². The third-order valence-electron chi connectivity index (χ3n) is 4.69. The molecule has 0 spiro atoms. The fraction of sp³-hybridized carbons (Fsp3) is 0.316. The van der Waals surface area contributed by atoms with Gasteiger partial charge in [-0.25, -0.2) is 14.6 Å². The summed E-state index contributed by atoms with van der Waals surface area (Å²) >= 11 is 13.6. The summed E-state index contributed by atoms with van der Waals surface area (Å²) in [5.74, 6) is 0.629. The molecule has 0 aliphatic carbocycles. The SMILES string of the molecule is OCC1OC(n2ncc3c(SC/C=C/c4ccc(Cl)cc4Cl)ncnc32)C(O)C1O. The average molecular weight is 469 g/mol. The summed E-state index contributed by atoms with van der Waals surface area (Å²) in [5, 5.41) is 36.4. The lowest BCUT2D eigenvalue weighted by atomic mass is 10.1. The number of fused-ring (bicyclic) bond motifs is 1. The number of thioether (sulfide) groups is 1. The molecule has 30 heavy (non-hydrogen) atoms. The summed E-state index contributed by atoms with van der Waals surface area (Å²) < 4.78 is 6.94. The Bertz CT molecular complexity index is 1080. The predicted molar refractivity (Wildman–Crippen MR) is 115 cm³/mol. The molecule has 8 nitrogen and oxygen atoms in total. The van der Waals surface area contributed by atoms with E-state index in [0.29, 0.717) is 31.9 Å². The molecule has 2 aromatic heterocycles. The van der Waals surface area contributed by atoms with Crippen molar-refractivity contribution in [3.8, 4) is 0 Å². The second-order valence-electron chi connectivity index (χ2n) is 6.61. The van der Waals surface area contributed by atoms with E-state index >= 15 is 0 Å². The molecule has 0 amide bonds. The summed E-state index contributed by atoms with van der Waals surface area (Å²) in [6.45, 7) is -0.409. The minimum absolute atomic E-state index is 0.409. The van der Waals surface area contributed by atoms with Crippen LogP contribution in [0.25, 0.3) is 17.1 Å². The molecule has 1 fully saturated rings. The molecule has 4 rings (SSSR count). The van der Waals surface area contributed by atoms with E-state index in [1.807, 2.05) is 18.2 Å². The average Bonchev–Trinajstić information content (AvgIpc) is 3.28. The van der Waals surface area contributed by atoms with E-state index in [0.717, 1.165) is 5.56 Å². The monoisotopic (exact) mass is 468 g/mol. The lowest BCUT2D eigenvalue weighted by molar-refractivity contribution is -0.0566. The molecule has 3 heterocycles. The van der Waals surface area contributed by atoms with Crippen LogP contribution in [0.3, 0.4) is 0 Å². The van der Waals surface area contributed by atoms with Crippen LogP contribution in [0, 0.1) is 0 Å². The molecular weight excluding hydrogens is 451 g/mol. The van der Waals surface area contributed by atoms with Gasteiger partial charge in [0.25, 0.3) is 0 Å². The molecule has 4 unspecified atom stereocenters. The number of hydrogen-bond acceptors (Lipinski definition) is 8. The van der Waals surface area contributed by atoms with Crippen LogP contribution in [-0.4, -0.2) is 65.7 Å². The van der Waals surface area contributed by atoms with Crippen LogP contribution in [0.2, 0.25) is 10.0 Å². The van der Waals surface area contributed by atoms with E-state index in [1.165, 1.54) is 22.8 Å². The van der Waals surface area contributed by atoms with Crippen molar-refractivity contribution in [2.45, 2.75) is 29.6 Å². The number of halogens is 2. The number of rotatable bonds is 6. The highest BCUT2D eigenvalue weighted by molar-refractivity contribution is 7.99. The van der Waals surface area contributed by atoms with Gasteiger partial charge in [0, 0.05) is 15.8 Å². The smallest absolute Gasteiger partial charge is 0.181 e. The molecule has 1 aliphatic heterocycles. The molecule has 1 saturated heterocycles. The van der Waals surface area contributed by atoms with Crippen LogP contribution in [0.1, 0.15) is 11.8 Å². The zero-order chi connectivity index (χ0) is 21.3. The first-order valence-electron chi connectivity index (χ1n) is 9.04. The molecule has 1 aliphatic rings. The van der Waals surface area contributed by atoms with Crippen LogP contribution in [-0.2, 0) is 4.74 Å². The maximum absolute atomic E-state index is 10.3. The molecule has 158 valence electrons. The van der Waals surface area contributed by atoms with Gasteiger partial charge in [-0.05, 0) is 17.7 Å². The number of hydrogen-bond donors (Lipinski definition) is 3. The molecule has 0 bridgehead atoms. The van der Waals surface area contributed by atoms with Gasteiger partial charge < -0.3 is 20.1 Å². The minimum atomic E-state index is -1.23. The maximum Gasteiger partial charge on any atom is 0.181 e. The zero-order valence-electron chi connectivity index (χ0n) is 15.5. The van der Waals surface area contributed by atoms with E-state index in [1.54, 1.807) is 18.3 Å². The van der Waals surface area contributed by atoms with Crippen LogP contribution in [0.4, 0.5) is 0 Å². The molecule has 3 N–H and O–H groups in total. The first kappa shape index (κ1) is 21.5. The van der Waals surface area contributed by atoms with Crippen LogP contribution >= 0.6 is 35.0 Å². The quantitative estimate of drug-likeness (QED) is 0.373. The Morgan fingerprint density at radius 1 is 1.20 bits per heavy atom. The highest BCUT2D eigenvalue weighted by atomic mass is 35.5. The topological polar surface area (TPSA) is 114 Å². The Morgan fingerprint density at radius 2 is 2.03 bits per heavy atom. The van der Waals surface area contributed by atoms with Gasteiger partial charge in [-0.3, -0.25) is 0 Å². The van der Waals surface area contributed by atoms with Crippen molar-refractivity contribution in [2.24, 2.45) is 0 Å². The fourth-order valence-corrected chi connectivity index (χ4v) is 4.41. The van der Waals surface area contributed by atoms with Gasteiger partial charge in [0.15, 0.2) is 11.9 Å². The fourth-order valence-electron chi connectivity index (χ4n) is 3.16. The van der Waals surface area contributed by atoms with Crippen molar-refractivity contribution in [3.63, 3.8) is 0 Å². The third-order valence-corrected chi connectivity index (χ3v) is 6.21. The van der Waals surface area contributed by atoms with Crippen LogP contribution in [0.15, 0.2) is 41.8 Å². The Kier molecular flexibility index (Phi) is 6.59. The van der Waals surface area contributed by atoms with Crippen molar-refractivity contribution in [2.75, 3.05) is 12.4 Å². The highest BCUT2D eigenvalue weighted by Crippen LogP contribution is 2.32. The Labute approximate surface area is 186 Å². The van der Waals surface area contributed by atoms with Gasteiger partial charge >= 0.3 is 0 Å². The lowest BCUT2D eigenvalue weighted by Crippen LogP contribution is -2.33. The molecule has 0 saturated carbocycles.